The first kappa shape index (κ1) is 13.2. The highest BCUT2D eigenvalue weighted by molar-refractivity contribution is 5.93. The van der Waals surface area contributed by atoms with Crippen molar-refractivity contribution in [3.8, 4) is 0 Å². The second kappa shape index (κ2) is 6.08. The maximum atomic E-state index is 11.7. The Balaban J connectivity index is 1.81. The highest BCUT2D eigenvalue weighted by atomic mass is 16.4. The molecule has 2 aromatic rings. The Kier molecular flexibility index (Phi) is 4.22. The molecule has 19 heavy (non-hydrogen) atoms. The third-order valence-corrected chi connectivity index (χ3v) is 2.54. The smallest absolute Gasteiger partial charge is 0.251 e. The number of pyridine rings is 1. The molecular formula is C13H16N4O2. The Morgan fingerprint density at radius 2 is 2.05 bits per heavy atom. The molecule has 0 aliphatic rings. The molecule has 0 saturated heterocycles. The Labute approximate surface area is 111 Å². The van der Waals surface area contributed by atoms with Crippen molar-refractivity contribution in [2.45, 2.75) is 26.2 Å². The Bertz CT molecular complexity index is 537. The lowest BCUT2D eigenvalue weighted by molar-refractivity contribution is 0.0953. The van der Waals surface area contributed by atoms with Gasteiger partial charge in [0, 0.05) is 36.8 Å². The van der Waals surface area contributed by atoms with Crippen molar-refractivity contribution >= 4 is 5.91 Å². The number of rotatable bonds is 5. The van der Waals surface area contributed by atoms with Crippen LogP contribution in [0.15, 0.2) is 28.9 Å². The van der Waals surface area contributed by atoms with Gasteiger partial charge in [0.25, 0.3) is 5.91 Å². The number of hydrogen-bond acceptors (Lipinski definition) is 5. The summed E-state index contributed by atoms with van der Waals surface area (Å²) < 4.78 is 5.45. The van der Waals surface area contributed by atoms with Crippen LogP contribution >= 0.6 is 0 Å². The SMILES string of the molecule is CC(C)c1nnc(CCNC(=O)c2ccncc2)o1. The fourth-order valence-electron chi connectivity index (χ4n) is 1.49. The molecule has 0 radical (unpaired) electrons. The second-order valence-electron chi connectivity index (χ2n) is 4.43. The summed E-state index contributed by atoms with van der Waals surface area (Å²) in [6, 6.07) is 3.33. The van der Waals surface area contributed by atoms with Crippen LogP contribution in [0.4, 0.5) is 0 Å². The molecule has 6 nitrogen and oxygen atoms in total. The molecule has 1 amide bonds. The van der Waals surface area contributed by atoms with Crippen molar-refractivity contribution < 1.29 is 9.21 Å². The van der Waals surface area contributed by atoms with Crippen LogP contribution in [0.5, 0.6) is 0 Å². The number of nitrogens with one attached hydrogen (secondary N) is 1. The molecule has 0 atom stereocenters. The van der Waals surface area contributed by atoms with Gasteiger partial charge in [-0.2, -0.15) is 0 Å². The lowest BCUT2D eigenvalue weighted by Crippen LogP contribution is -2.25. The van der Waals surface area contributed by atoms with Crippen LogP contribution in [-0.2, 0) is 6.42 Å². The van der Waals surface area contributed by atoms with Crippen molar-refractivity contribution in [1.29, 1.82) is 0 Å². The summed E-state index contributed by atoms with van der Waals surface area (Å²) in [7, 11) is 0. The van der Waals surface area contributed by atoms with Crippen LogP contribution < -0.4 is 5.32 Å². The minimum atomic E-state index is -0.133. The summed E-state index contributed by atoms with van der Waals surface area (Å²) in [5.74, 6) is 1.24. The number of nitrogens with zero attached hydrogens (tertiary/aromatic N) is 3. The van der Waals surface area contributed by atoms with Gasteiger partial charge in [-0.25, -0.2) is 0 Å². The van der Waals surface area contributed by atoms with Crippen molar-refractivity contribution in [3.63, 3.8) is 0 Å². The maximum Gasteiger partial charge on any atom is 0.251 e. The predicted molar refractivity (Wildman–Crippen MR) is 68.7 cm³/mol. The minimum absolute atomic E-state index is 0.133. The van der Waals surface area contributed by atoms with Crippen LogP contribution in [0.25, 0.3) is 0 Å². The van der Waals surface area contributed by atoms with Gasteiger partial charge in [0.1, 0.15) is 0 Å². The van der Waals surface area contributed by atoms with Crippen molar-refractivity contribution in [2.75, 3.05) is 6.54 Å². The van der Waals surface area contributed by atoms with E-state index in [1.807, 2.05) is 13.8 Å². The highest BCUT2D eigenvalue weighted by Gasteiger charge is 2.10. The standard InChI is InChI=1S/C13H16N4O2/c1-9(2)13-17-16-11(19-13)5-8-15-12(18)10-3-6-14-7-4-10/h3-4,6-7,9H,5,8H2,1-2H3,(H,15,18). The summed E-state index contributed by atoms with van der Waals surface area (Å²) in [4.78, 5) is 15.6. The number of hydrogen-bond donors (Lipinski definition) is 1. The quantitative estimate of drug-likeness (QED) is 0.882. The fraction of sp³-hybridized carbons (Fsp3) is 0.385. The van der Waals surface area contributed by atoms with Gasteiger partial charge in [-0.3, -0.25) is 9.78 Å². The zero-order valence-corrected chi connectivity index (χ0v) is 11.0. The molecule has 0 aliphatic carbocycles. The summed E-state index contributed by atoms with van der Waals surface area (Å²) in [6.45, 7) is 4.44. The molecule has 0 spiro atoms. The second-order valence-corrected chi connectivity index (χ2v) is 4.43. The monoisotopic (exact) mass is 260 g/mol. The Hall–Kier alpha value is -2.24. The van der Waals surface area contributed by atoms with Crippen molar-refractivity contribution in [2.24, 2.45) is 0 Å². The molecule has 0 aromatic carbocycles. The third-order valence-electron chi connectivity index (χ3n) is 2.54. The summed E-state index contributed by atoms with van der Waals surface area (Å²) >= 11 is 0. The number of carbonyl (C=O) groups excluding carboxylic acids is 1. The fourth-order valence-corrected chi connectivity index (χ4v) is 1.49. The maximum absolute atomic E-state index is 11.7. The van der Waals surface area contributed by atoms with E-state index in [0.29, 0.717) is 30.3 Å². The molecule has 1 N–H and O–H groups in total. The van der Waals surface area contributed by atoms with E-state index >= 15 is 0 Å². The van der Waals surface area contributed by atoms with Crippen LogP contribution in [0.3, 0.4) is 0 Å². The number of carbonyl (C=O) groups is 1. The van der Waals surface area contributed by atoms with Gasteiger partial charge in [-0.15, -0.1) is 10.2 Å². The van der Waals surface area contributed by atoms with E-state index in [4.69, 9.17) is 4.42 Å². The van der Waals surface area contributed by atoms with E-state index in [-0.39, 0.29) is 11.8 Å². The molecule has 6 heteroatoms. The van der Waals surface area contributed by atoms with E-state index in [2.05, 4.69) is 20.5 Å². The zero-order valence-electron chi connectivity index (χ0n) is 11.0. The Morgan fingerprint density at radius 3 is 2.68 bits per heavy atom. The first-order valence-corrected chi connectivity index (χ1v) is 6.17. The number of amides is 1. The molecule has 0 bridgehead atoms. The van der Waals surface area contributed by atoms with Crippen LogP contribution in [-0.4, -0.2) is 27.6 Å². The molecule has 0 saturated carbocycles. The van der Waals surface area contributed by atoms with Gasteiger partial charge in [0.05, 0.1) is 0 Å². The molecule has 2 heterocycles. The third kappa shape index (κ3) is 3.61. The lowest BCUT2D eigenvalue weighted by Gasteiger charge is -2.02. The summed E-state index contributed by atoms with van der Waals surface area (Å²) in [5.41, 5.74) is 0.586. The van der Waals surface area contributed by atoms with Gasteiger partial charge in [-0.05, 0) is 12.1 Å². The Morgan fingerprint density at radius 1 is 1.32 bits per heavy atom. The van der Waals surface area contributed by atoms with Gasteiger partial charge in [0.15, 0.2) is 0 Å². The van der Waals surface area contributed by atoms with Crippen molar-refractivity contribution in [3.05, 3.63) is 41.9 Å². The van der Waals surface area contributed by atoms with Gasteiger partial charge < -0.3 is 9.73 Å². The van der Waals surface area contributed by atoms with Crippen LogP contribution in [0.1, 0.15) is 41.9 Å². The molecular weight excluding hydrogens is 244 g/mol. The minimum Gasteiger partial charge on any atom is -0.425 e. The van der Waals surface area contributed by atoms with Gasteiger partial charge in [0.2, 0.25) is 11.8 Å². The molecule has 2 rings (SSSR count). The van der Waals surface area contributed by atoms with Crippen LogP contribution in [0.2, 0.25) is 0 Å². The highest BCUT2D eigenvalue weighted by Crippen LogP contribution is 2.11. The van der Waals surface area contributed by atoms with Gasteiger partial charge in [-0.1, -0.05) is 13.8 Å². The molecule has 0 fully saturated rings. The number of aromatic nitrogens is 3. The van der Waals surface area contributed by atoms with Gasteiger partial charge >= 0.3 is 0 Å². The first-order chi connectivity index (χ1) is 9.16. The van der Waals surface area contributed by atoms with E-state index in [1.165, 1.54) is 0 Å². The summed E-state index contributed by atoms with van der Waals surface area (Å²) in [5, 5.41) is 10.7. The van der Waals surface area contributed by atoms with E-state index in [9.17, 15) is 4.79 Å². The zero-order chi connectivity index (χ0) is 13.7. The molecule has 0 unspecified atom stereocenters. The topological polar surface area (TPSA) is 80.9 Å². The van der Waals surface area contributed by atoms with E-state index in [0.717, 1.165) is 0 Å². The van der Waals surface area contributed by atoms with E-state index in [1.54, 1.807) is 24.5 Å². The lowest BCUT2D eigenvalue weighted by atomic mass is 10.2. The average Bonchev–Trinajstić information content (AvgIpc) is 2.89. The molecule has 0 aliphatic heterocycles. The predicted octanol–water partition coefficient (Wildman–Crippen LogP) is 1.56. The van der Waals surface area contributed by atoms with Crippen molar-refractivity contribution in [1.82, 2.24) is 20.5 Å². The largest absolute Gasteiger partial charge is 0.425 e. The first-order valence-electron chi connectivity index (χ1n) is 6.17. The summed E-state index contributed by atoms with van der Waals surface area (Å²) in [6.07, 6.45) is 3.69. The van der Waals surface area contributed by atoms with Crippen LogP contribution in [0, 0.1) is 0 Å². The molecule has 100 valence electrons. The molecule has 2 aromatic heterocycles. The van der Waals surface area contributed by atoms with E-state index < -0.39 is 0 Å². The normalized spacial score (nSPS) is 10.7. The average molecular weight is 260 g/mol.